The van der Waals surface area contributed by atoms with Gasteiger partial charge in [0.1, 0.15) is 5.82 Å². The maximum Gasteiger partial charge on any atom is 0.247 e. The molecule has 9 heteroatoms. The molecule has 3 aromatic rings. The minimum absolute atomic E-state index is 0.164. The Labute approximate surface area is 175 Å². The van der Waals surface area contributed by atoms with Crippen LogP contribution in [-0.2, 0) is 16.4 Å². The molecule has 0 atom stereocenters. The van der Waals surface area contributed by atoms with Crippen molar-refractivity contribution in [3.05, 3.63) is 65.8 Å². The van der Waals surface area contributed by atoms with Gasteiger partial charge in [-0.05, 0) is 42.8 Å². The molecule has 30 heavy (non-hydrogen) atoms. The Morgan fingerprint density at radius 1 is 1.03 bits per heavy atom. The molecule has 1 aliphatic rings. The van der Waals surface area contributed by atoms with Crippen LogP contribution in [0, 0.1) is 12.7 Å². The van der Waals surface area contributed by atoms with Gasteiger partial charge in [0, 0.05) is 44.7 Å². The predicted octanol–water partition coefficient (Wildman–Crippen LogP) is 2.73. The summed E-state index contributed by atoms with van der Waals surface area (Å²) in [5.74, 6) is 0.620. The fourth-order valence-corrected chi connectivity index (χ4v) is 5.17. The molecule has 0 N–H and O–H groups in total. The van der Waals surface area contributed by atoms with E-state index in [9.17, 15) is 12.8 Å². The maximum absolute atomic E-state index is 13.3. The van der Waals surface area contributed by atoms with Crippen molar-refractivity contribution in [2.24, 2.45) is 0 Å². The lowest BCUT2D eigenvalue weighted by Crippen LogP contribution is -2.49. The largest absolute Gasteiger partial charge is 0.421 e. The Balaban J connectivity index is 1.32. The van der Waals surface area contributed by atoms with E-state index in [0.29, 0.717) is 56.5 Å². The van der Waals surface area contributed by atoms with Crippen LogP contribution >= 0.6 is 0 Å². The van der Waals surface area contributed by atoms with Crippen molar-refractivity contribution in [1.82, 2.24) is 19.4 Å². The van der Waals surface area contributed by atoms with Crippen LogP contribution in [0.4, 0.5) is 4.39 Å². The van der Waals surface area contributed by atoms with Gasteiger partial charge in [0.15, 0.2) is 0 Å². The minimum atomic E-state index is -3.63. The van der Waals surface area contributed by atoms with Gasteiger partial charge in [-0.25, -0.2) is 12.8 Å². The van der Waals surface area contributed by atoms with Crippen LogP contribution in [0.5, 0.6) is 0 Å². The molecule has 1 saturated heterocycles. The van der Waals surface area contributed by atoms with Gasteiger partial charge in [0.2, 0.25) is 21.8 Å². The van der Waals surface area contributed by atoms with Crippen molar-refractivity contribution in [2.75, 3.05) is 32.7 Å². The van der Waals surface area contributed by atoms with E-state index in [-0.39, 0.29) is 4.90 Å². The molecule has 2 heterocycles. The molecule has 2 aromatic carbocycles. The first-order chi connectivity index (χ1) is 14.4. The topological polar surface area (TPSA) is 79.5 Å². The molecule has 7 nitrogen and oxygen atoms in total. The molecular weight excluding hydrogens is 407 g/mol. The standard InChI is InChI=1S/C21H23FN4O3S/c1-16-15-18(22)7-8-19(16)30(27,28)26-13-11-25(12-14-26)10-9-20-23-24-21(29-20)17-5-3-2-4-6-17/h2-8,15H,9-14H2,1H3. The third-order valence-corrected chi connectivity index (χ3v) is 7.27. The zero-order chi connectivity index (χ0) is 21.1. The first-order valence-electron chi connectivity index (χ1n) is 9.80. The van der Waals surface area contributed by atoms with Crippen LogP contribution < -0.4 is 0 Å². The number of nitrogens with zero attached hydrogens (tertiary/aromatic N) is 4. The van der Waals surface area contributed by atoms with E-state index in [1.807, 2.05) is 30.3 Å². The van der Waals surface area contributed by atoms with E-state index < -0.39 is 15.8 Å². The molecule has 1 fully saturated rings. The molecular formula is C21H23FN4O3S. The SMILES string of the molecule is Cc1cc(F)ccc1S(=O)(=O)N1CCN(CCc2nnc(-c3ccccc3)o2)CC1. The number of rotatable bonds is 6. The van der Waals surface area contributed by atoms with Crippen LogP contribution in [0.25, 0.3) is 11.5 Å². The Morgan fingerprint density at radius 2 is 1.77 bits per heavy atom. The molecule has 0 spiro atoms. The average Bonchev–Trinajstić information content (AvgIpc) is 3.22. The Bertz CT molecular complexity index is 1110. The van der Waals surface area contributed by atoms with Crippen molar-refractivity contribution in [3.8, 4) is 11.5 Å². The highest BCUT2D eigenvalue weighted by Crippen LogP contribution is 2.22. The summed E-state index contributed by atoms with van der Waals surface area (Å²) in [5, 5.41) is 8.20. The summed E-state index contributed by atoms with van der Waals surface area (Å²) in [7, 11) is -3.63. The smallest absolute Gasteiger partial charge is 0.247 e. The fourth-order valence-electron chi connectivity index (χ4n) is 3.54. The number of benzene rings is 2. The molecule has 0 bridgehead atoms. The number of aryl methyl sites for hydroxylation is 1. The molecule has 0 aliphatic carbocycles. The van der Waals surface area contributed by atoms with Crippen molar-refractivity contribution >= 4 is 10.0 Å². The normalized spacial score (nSPS) is 16.1. The number of sulfonamides is 1. The first-order valence-corrected chi connectivity index (χ1v) is 11.2. The number of hydrogen-bond donors (Lipinski definition) is 0. The second-order valence-corrected chi connectivity index (χ2v) is 9.18. The summed E-state index contributed by atoms with van der Waals surface area (Å²) in [6, 6.07) is 13.4. The molecule has 1 aliphatic heterocycles. The van der Waals surface area contributed by atoms with Crippen molar-refractivity contribution in [2.45, 2.75) is 18.2 Å². The lowest BCUT2D eigenvalue weighted by molar-refractivity contribution is 0.187. The molecule has 0 saturated carbocycles. The van der Waals surface area contributed by atoms with Crippen LogP contribution in [-0.4, -0.2) is 60.5 Å². The van der Waals surface area contributed by atoms with Gasteiger partial charge in [-0.3, -0.25) is 0 Å². The van der Waals surface area contributed by atoms with Gasteiger partial charge in [0.05, 0.1) is 4.90 Å². The highest BCUT2D eigenvalue weighted by atomic mass is 32.2. The lowest BCUT2D eigenvalue weighted by atomic mass is 10.2. The number of halogens is 1. The highest BCUT2D eigenvalue weighted by molar-refractivity contribution is 7.89. The average molecular weight is 431 g/mol. The molecule has 4 rings (SSSR count). The zero-order valence-corrected chi connectivity index (χ0v) is 17.5. The zero-order valence-electron chi connectivity index (χ0n) is 16.7. The van der Waals surface area contributed by atoms with Crippen molar-refractivity contribution < 1.29 is 17.2 Å². The second-order valence-electron chi connectivity index (χ2n) is 7.27. The van der Waals surface area contributed by atoms with E-state index in [2.05, 4.69) is 15.1 Å². The van der Waals surface area contributed by atoms with Crippen molar-refractivity contribution in [3.63, 3.8) is 0 Å². The third kappa shape index (κ3) is 4.43. The summed E-state index contributed by atoms with van der Waals surface area (Å²) < 4.78 is 46.3. The molecule has 158 valence electrons. The molecule has 0 unspecified atom stereocenters. The Kier molecular flexibility index (Phi) is 5.94. The third-order valence-electron chi connectivity index (χ3n) is 5.22. The molecule has 0 radical (unpaired) electrons. The summed E-state index contributed by atoms with van der Waals surface area (Å²) >= 11 is 0. The maximum atomic E-state index is 13.3. The number of hydrogen-bond acceptors (Lipinski definition) is 6. The summed E-state index contributed by atoms with van der Waals surface area (Å²) in [6.45, 7) is 4.31. The van der Waals surface area contributed by atoms with E-state index in [0.717, 1.165) is 5.56 Å². The lowest BCUT2D eigenvalue weighted by Gasteiger charge is -2.34. The molecule has 0 amide bonds. The van der Waals surface area contributed by atoms with Gasteiger partial charge in [-0.2, -0.15) is 4.31 Å². The Morgan fingerprint density at radius 3 is 2.47 bits per heavy atom. The van der Waals surface area contributed by atoms with Crippen molar-refractivity contribution in [1.29, 1.82) is 0 Å². The number of piperazine rings is 1. The van der Waals surface area contributed by atoms with E-state index in [1.165, 1.54) is 22.5 Å². The quantitative estimate of drug-likeness (QED) is 0.598. The van der Waals surface area contributed by atoms with Gasteiger partial charge < -0.3 is 9.32 Å². The van der Waals surface area contributed by atoms with Gasteiger partial charge in [-0.15, -0.1) is 10.2 Å². The van der Waals surface area contributed by atoms with Gasteiger partial charge >= 0.3 is 0 Å². The van der Waals surface area contributed by atoms with E-state index in [1.54, 1.807) is 6.92 Å². The predicted molar refractivity (Wildman–Crippen MR) is 110 cm³/mol. The Hall–Kier alpha value is -2.62. The fraction of sp³-hybridized carbons (Fsp3) is 0.333. The number of aromatic nitrogens is 2. The van der Waals surface area contributed by atoms with E-state index >= 15 is 0 Å². The van der Waals surface area contributed by atoms with Crippen LogP contribution in [0.15, 0.2) is 57.8 Å². The second kappa shape index (κ2) is 8.63. The highest BCUT2D eigenvalue weighted by Gasteiger charge is 2.29. The van der Waals surface area contributed by atoms with Crippen LogP contribution in [0.2, 0.25) is 0 Å². The monoisotopic (exact) mass is 430 g/mol. The van der Waals surface area contributed by atoms with Crippen LogP contribution in [0.1, 0.15) is 11.5 Å². The summed E-state index contributed by atoms with van der Waals surface area (Å²) in [6.07, 6.45) is 0.601. The minimum Gasteiger partial charge on any atom is -0.421 e. The molecule has 1 aromatic heterocycles. The van der Waals surface area contributed by atoms with Gasteiger partial charge in [0.25, 0.3) is 0 Å². The summed E-state index contributed by atoms with van der Waals surface area (Å²) in [4.78, 5) is 2.34. The van der Waals surface area contributed by atoms with Crippen LogP contribution in [0.3, 0.4) is 0 Å². The van der Waals surface area contributed by atoms with Gasteiger partial charge in [-0.1, -0.05) is 18.2 Å². The summed E-state index contributed by atoms with van der Waals surface area (Å²) in [5.41, 5.74) is 1.30. The van der Waals surface area contributed by atoms with E-state index in [4.69, 9.17) is 4.42 Å². The first kappa shape index (κ1) is 20.6.